The zero-order chi connectivity index (χ0) is 17.1. The minimum atomic E-state index is -0.153. The summed E-state index contributed by atoms with van der Waals surface area (Å²) in [7, 11) is 0. The molecule has 0 N–H and O–H groups in total. The number of ketones is 1. The van der Waals surface area contributed by atoms with Crippen LogP contribution in [0.2, 0.25) is 15.2 Å². The Morgan fingerprint density at radius 2 is 1.79 bits per heavy atom. The van der Waals surface area contributed by atoms with Crippen molar-refractivity contribution in [3.8, 4) is 11.3 Å². The van der Waals surface area contributed by atoms with E-state index in [1.165, 1.54) is 12.3 Å². The second kappa shape index (κ2) is 7.34. The van der Waals surface area contributed by atoms with Gasteiger partial charge in [0, 0.05) is 35.7 Å². The van der Waals surface area contributed by atoms with Crippen molar-refractivity contribution in [2.45, 2.75) is 12.8 Å². The molecule has 122 valence electrons. The lowest BCUT2D eigenvalue weighted by molar-refractivity contribution is 0.0980. The summed E-state index contributed by atoms with van der Waals surface area (Å²) in [5.74, 6) is 0.457. The molecule has 2 aromatic heterocycles. The zero-order valence-corrected chi connectivity index (χ0v) is 14.6. The number of benzene rings is 1. The summed E-state index contributed by atoms with van der Waals surface area (Å²) >= 11 is 17.6. The molecule has 0 radical (unpaired) electrons. The van der Waals surface area contributed by atoms with Crippen LogP contribution in [0.5, 0.6) is 0 Å². The average molecular weight is 382 g/mol. The number of aryl methyl sites for hydroxylation is 1. The number of hydrogen-bond acceptors (Lipinski definition) is 4. The molecule has 0 aliphatic rings. The van der Waals surface area contributed by atoms with E-state index in [0.29, 0.717) is 33.5 Å². The van der Waals surface area contributed by atoms with Crippen LogP contribution in [0, 0.1) is 0 Å². The zero-order valence-electron chi connectivity index (χ0n) is 12.3. The van der Waals surface area contributed by atoms with E-state index in [-0.39, 0.29) is 17.4 Å². The van der Waals surface area contributed by atoms with E-state index in [1.807, 2.05) is 12.1 Å². The summed E-state index contributed by atoms with van der Waals surface area (Å²) in [6.07, 6.45) is 2.02. The first-order valence-electron chi connectivity index (χ1n) is 7.09. The first-order valence-corrected chi connectivity index (χ1v) is 8.22. The normalized spacial score (nSPS) is 10.8. The standard InChI is InChI=1S/C17H11Cl3N2O2/c18-11-3-1-10(2-4-11)15-8-13(24-22-15)5-6-16(23)14-7-12(19)9-21-17(14)20/h1-4,7-9H,5-6H2. The molecule has 0 unspecified atom stereocenters. The number of aromatic nitrogens is 2. The Hall–Kier alpha value is -1.88. The summed E-state index contributed by atoms with van der Waals surface area (Å²) in [6, 6.07) is 10.6. The van der Waals surface area contributed by atoms with Crippen LogP contribution < -0.4 is 0 Å². The minimum absolute atomic E-state index is 0.142. The van der Waals surface area contributed by atoms with Crippen molar-refractivity contribution in [3.63, 3.8) is 0 Å². The van der Waals surface area contributed by atoms with E-state index in [9.17, 15) is 4.79 Å². The molecule has 0 aliphatic carbocycles. The Labute approximate surface area is 153 Å². The van der Waals surface area contributed by atoms with E-state index in [2.05, 4.69) is 10.1 Å². The van der Waals surface area contributed by atoms with Crippen LogP contribution in [0.15, 0.2) is 47.1 Å². The molecule has 0 fully saturated rings. The fourth-order valence-electron chi connectivity index (χ4n) is 2.18. The van der Waals surface area contributed by atoms with Gasteiger partial charge in [-0.3, -0.25) is 4.79 Å². The second-order valence-corrected chi connectivity index (χ2v) is 6.33. The van der Waals surface area contributed by atoms with Gasteiger partial charge in [0.1, 0.15) is 16.6 Å². The molecule has 3 aromatic rings. The van der Waals surface area contributed by atoms with Gasteiger partial charge in [-0.1, -0.05) is 52.1 Å². The Balaban J connectivity index is 1.68. The Bertz CT molecular complexity index is 876. The summed E-state index contributed by atoms with van der Waals surface area (Å²) in [5, 5.41) is 5.17. The molecule has 7 heteroatoms. The van der Waals surface area contributed by atoms with Crippen molar-refractivity contribution in [1.82, 2.24) is 10.1 Å². The molecule has 0 aliphatic heterocycles. The van der Waals surface area contributed by atoms with Gasteiger partial charge < -0.3 is 4.52 Å². The number of pyridine rings is 1. The fourth-order valence-corrected chi connectivity index (χ4v) is 2.67. The summed E-state index contributed by atoms with van der Waals surface area (Å²) in [4.78, 5) is 16.1. The lowest BCUT2D eigenvalue weighted by Crippen LogP contribution is -2.03. The van der Waals surface area contributed by atoms with Crippen molar-refractivity contribution in [3.05, 3.63) is 69.1 Å². The Kier molecular flexibility index (Phi) is 5.19. The highest BCUT2D eigenvalue weighted by Crippen LogP contribution is 2.23. The lowest BCUT2D eigenvalue weighted by atomic mass is 10.1. The monoisotopic (exact) mass is 380 g/mol. The predicted octanol–water partition coefficient (Wildman–Crippen LogP) is 5.51. The van der Waals surface area contributed by atoms with Crippen molar-refractivity contribution >= 4 is 40.6 Å². The summed E-state index contributed by atoms with van der Waals surface area (Å²) in [5.41, 5.74) is 1.89. The molecular weight excluding hydrogens is 371 g/mol. The molecule has 0 bridgehead atoms. The molecule has 0 saturated carbocycles. The van der Waals surface area contributed by atoms with E-state index in [1.54, 1.807) is 18.2 Å². The first kappa shape index (κ1) is 17.0. The number of nitrogens with zero attached hydrogens (tertiary/aromatic N) is 2. The molecule has 0 atom stereocenters. The molecule has 0 amide bonds. The van der Waals surface area contributed by atoms with Crippen LogP contribution in [0.4, 0.5) is 0 Å². The van der Waals surface area contributed by atoms with Gasteiger partial charge >= 0.3 is 0 Å². The van der Waals surface area contributed by atoms with E-state index < -0.39 is 0 Å². The van der Waals surface area contributed by atoms with Gasteiger partial charge in [-0.05, 0) is 18.2 Å². The molecule has 1 aromatic carbocycles. The van der Waals surface area contributed by atoms with Crippen LogP contribution in [0.25, 0.3) is 11.3 Å². The molecule has 24 heavy (non-hydrogen) atoms. The minimum Gasteiger partial charge on any atom is -0.361 e. The van der Waals surface area contributed by atoms with Gasteiger partial charge in [-0.2, -0.15) is 0 Å². The van der Waals surface area contributed by atoms with Gasteiger partial charge in [0.25, 0.3) is 0 Å². The predicted molar refractivity (Wildman–Crippen MR) is 93.9 cm³/mol. The van der Waals surface area contributed by atoms with Crippen LogP contribution in [0.3, 0.4) is 0 Å². The third-order valence-corrected chi connectivity index (χ3v) is 4.16. The van der Waals surface area contributed by atoms with Crippen molar-refractivity contribution < 1.29 is 9.32 Å². The molecule has 4 nitrogen and oxygen atoms in total. The molecule has 0 saturated heterocycles. The van der Waals surface area contributed by atoms with Gasteiger partial charge in [0.2, 0.25) is 0 Å². The maximum atomic E-state index is 12.2. The van der Waals surface area contributed by atoms with E-state index in [0.717, 1.165) is 5.56 Å². The number of carbonyl (C=O) groups is 1. The van der Waals surface area contributed by atoms with Crippen LogP contribution >= 0.6 is 34.8 Å². The third kappa shape index (κ3) is 3.96. The molecule has 0 spiro atoms. The van der Waals surface area contributed by atoms with E-state index in [4.69, 9.17) is 39.3 Å². The van der Waals surface area contributed by atoms with Gasteiger partial charge in [0.15, 0.2) is 5.78 Å². The van der Waals surface area contributed by atoms with Crippen molar-refractivity contribution in [2.24, 2.45) is 0 Å². The van der Waals surface area contributed by atoms with Crippen molar-refractivity contribution in [1.29, 1.82) is 0 Å². The average Bonchev–Trinajstić information content (AvgIpc) is 3.04. The van der Waals surface area contributed by atoms with Crippen molar-refractivity contribution in [2.75, 3.05) is 0 Å². The Morgan fingerprint density at radius 1 is 1.04 bits per heavy atom. The Morgan fingerprint density at radius 3 is 2.54 bits per heavy atom. The quantitative estimate of drug-likeness (QED) is 0.432. The van der Waals surface area contributed by atoms with Crippen LogP contribution in [-0.2, 0) is 6.42 Å². The second-order valence-electron chi connectivity index (χ2n) is 5.10. The highest BCUT2D eigenvalue weighted by atomic mass is 35.5. The number of Topliss-reactive ketones (excluding diaryl/α,β-unsaturated/α-hetero) is 1. The maximum absolute atomic E-state index is 12.2. The van der Waals surface area contributed by atoms with Gasteiger partial charge in [-0.25, -0.2) is 4.98 Å². The van der Waals surface area contributed by atoms with Crippen LogP contribution in [0.1, 0.15) is 22.5 Å². The van der Waals surface area contributed by atoms with E-state index >= 15 is 0 Å². The highest BCUT2D eigenvalue weighted by molar-refractivity contribution is 6.34. The molecule has 2 heterocycles. The third-order valence-electron chi connectivity index (χ3n) is 3.40. The number of halogens is 3. The largest absolute Gasteiger partial charge is 0.361 e. The maximum Gasteiger partial charge on any atom is 0.166 e. The number of rotatable bonds is 5. The lowest BCUT2D eigenvalue weighted by Gasteiger charge is -2.02. The number of hydrogen-bond donors (Lipinski definition) is 0. The fraction of sp³-hybridized carbons (Fsp3) is 0.118. The smallest absolute Gasteiger partial charge is 0.166 e. The first-order chi connectivity index (χ1) is 11.5. The topological polar surface area (TPSA) is 56.0 Å². The highest BCUT2D eigenvalue weighted by Gasteiger charge is 2.14. The molecular formula is C17H11Cl3N2O2. The molecule has 3 rings (SSSR count). The number of carbonyl (C=O) groups excluding carboxylic acids is 1. The van der Waals surface area contributed by atoms with Crippen LogP contribution in [-0.4, -0.2) is 15.9 Å². The summed E-state index contributed by atoms with van der Waals surface area (Å²) in [6.45, 7) is 0. The van der Waals surface area contributed by atoms with Gasteiger partial charge in [0.05, 0.1) is 10.6 Å². The summed E-state index contributed by atoms with van der Waals surface area (Å²) < 4.78 is 5.28. The SMILES string of the molecule is O=C(CCc1cc(-c2ccc(Cl)cc2)no1)c1cc(Cl)cnc1Cl. The van der Waals surface area contributed by atoms with Gasteiger partial charge in [-0.15, -0.1) is 0 Å².